The maximum Gasteiger partial charge on any atom is 0.182 e. The molecule has 3 nitrogen and oxygen atoms in total. The fourth-order valence-electron chi connectivity index (χ4n) is 1.48. The second-order valence-corrected chi connectivity index (χ2v) is 4.42. The Morgan fingerprint density at radius 1 is 1.38 bits per heavy atom. The molecule has 2 rings (SSSR count). The van der Waals surface area contributed by atoms with Crippen molar-refractivity contribution in [3.63, 3.8) is 0 Å². The van der Waals surface area contributed by atoms with Crippen LogP contribution in [0, 0.1) is 12.3 Å². The SMILES string of the molecule is Cc1csc(=N)n1CC(=O)c1ccccc1. The van der Waals surface area contributed by atoms with Crippen LogP contribution in [0.1, 0.15) is 16.1 Å². The first-order chi connectivity index (χ1) is 7.68. The van der Waals surface area contributed by atoms with E-state index >= 15 is 0 Å². The maximum atomic E-state index is 11.9. The van der Waals surface area contributed by atoms with E-state index in [0.717, 1.165) is 5.69 Å². The van der Waals surface area contributed by atoms with Gasteiger partial charge in [-0.1, -0.05) is 30.3 Å². The molecule has 0 aliphatic carbocycles. The Labute approximate surface area is 97.5 Å². The summed E-state index contributed by atoms with van der Waals surface area (Å²) in [5.41, 5.74) is 1.65. The number of nitrogens with one attached hydrogen (secondary N) is 1. The fourth-order valence-corrected chi connectivity index (χ4v) is 2.23. The van der Waals surface area contributed by atoms with Gasteiger partial charge >= 0.3 is 0 Å². The molecule has 0 bridgehead atoms. The molecule has 4 heteroatoms. The summed E-state index contributed by atoms with van der Waals surface area (Å²) in [5.74, 6) is 0.0422. The standard InChI is InChI=1S/C12H12N2OS/c1-9-8-16-12(13)14(9)7-11(15)10-5-3-2-4-6-10/h2-6,8,13H,7H2,1H3. The van der Waals surface area contributed by atoms with E-state index in [-0.39, 0.29) is 12.3 Å². The van der Waals surface area contributed by atoms with Crippen LogP contribution in [0.4, 0.5) is 0 Å². The number of carbonyl (C=O) groups excluding carboxylic acids is 1. The number of aryl methyl sites for hydroxylation is 1. The summed E-state index contributed by atoms with van der Waals surface area (Å²) in [6.07, 6.45) is 0. The van der Waals surface area contributed by atoms with E-state index in [4.69, 9.17) is 5.41 Å². The van der Waals surface area contributed by atoms with Gasteiger partial charge in [0.05, 0.1) is 6.54 Å². The third kappa shape index (κ3) is 2.12. The van der Waals surface area contributed by atoms with Gasteiger partial charge in [-0.05, 0) is 6.92 Å². The number of aromatic nitrogens is 1. The zero-order chi connectivity index (χ0) is 11.5. The average Bonchev–Trinajstić information content (AvgIpc) is 2.62. The van der Waals surface area contributed by atoms with Gasteiger partial charge in [-0.15, -0.1) is 11.3 Å². The van der Waals surface area contributed by atoms with Gasteiger partial charge in [0.15, 0.2) is 10.6 Å². The average molecular weight is 232 g/mol. The molecular formula is C12H12N2OS. The molecule has 1 heterocycles. The van der Waals surface area contributed by atoms with Crippen molar-refractivity contribution < 1.29 is 4.79 Å². The van der Waals surface area contributed by atoms with E-state index in [1.54, 1.807) is 16.7 Å². The van der Waals surface area contributed by atoms with E-state index in [2.05, 4.69) is 0 Å². The number of benzene rings is 1. The van der Waals surface area contributed by atoms with E-state index in [1.807, 2.05) is 30.5 Å². The first-order valence-corrected chi connectivity index (χ1v) is 5.84. The maximum absolute atomic E-state index is 11.9. The van der Waals surface area contributed by atoms with Crippen LogP contribution in [-0.4, -0.2) is 10.4 Å². The number of hydrogen-bond acceptors (Lipinski definition) is 3. The lowest BCUT2D eigenvalue weighted by molar-refractivity contribution is 0.0970. The summed E-state index contributed by atoms with van der Waals surface area (Å²) in [5, 5.41) is 9.57. The number of hydrogen-bond donors (Lipinski definition) is 1. The summed E-state index contributed by atoms with van der Waals surface area (Å²) >= 11 is 1.35. The lowest BCUT2D eigenvalue weighted by Crippen LogP contribution is -2.20. The van der Waals surface area contributed by atoms with Crippen LogP contribution in [0.25, 0.3) is 0 Å². The number of Topliss-reactive ketones (excluding diaryl/α,β-unsaturated/α-hetero) is 1. The Morgan fingerprint density at radius 3 is 2.62 bits per heavy atom. The number of ketones is 1. The molecule has 1 N–H and O–H groups in total. The summed E-state index contributed by atoms with van der Waals surface area (Å²) in [6, 6.07) is 9.18. The first-order valence-electron chi connectivity index (χ1n) is 4.96. The van der Waals surface area contributed by atoms with Gasteiger partial charge in [0, 0.05) is 16.6 Å². The minimum atomic E-state index is 0.0422. The number of carbonyl (C=O) groups is 1. The van der Waals surface area contributed by atoms with E-state index in [9.17, 15) is 4.79 Å². The molecule has 0 atom stereocenters. The normalized spacial score (nSPS) is 10.3. The van der Waals surface area contributed by atoms with Crippen LogP contribution in [0.2, 0.25) is 0 Å². The Morgan fingerprint density at radius 2 is 2.06 bits per heavy atom. The highest BCUT2D eigenvalue weighted by Gasteiger charge is 2.08. The van der Waals surface area contributed by atoms with Gasteiger partial charge < -0.3 is 4.57 Å². The molecule has 2 aromatic rings. The molecule has 1 aromatic carbocycles. The predicted octanol–water partition coefficient (Wildman–Crippen LogP) is 2.22. The zero-order valence-corrected chi connectivity index (χ0v) is 9.75. The second kappa shape index (κ2) is 4.45. The topological polar surface area (TPSA) is 45.9 Å². The summed E-state index contributed by atoms with van der Waals surface area (Å²) in [7, 11) is 0. The van der Waals surface area contributed by atoms with Crippen molar-refractivity contribution in [2.45, 2.75) is 13.5 Å². The van der Waals surface area contributed by atoms with Crippen molar-refractivity contribution in [3.05, 3.63) is 51.8 Å². The van der Waals surface area contributed by atoms with Crippen molar-refractivity contribution in [2.24, 2.45) is 0 Å². The quantitative estimate of drug-likeness (QED) is 0.810. The summed E-state index contributed by atoms with van der Waals surface area (Å²) in [6.45, 7) is 2.16. The Bertz CT molecular complexity index is 554. The molecule has 0 radical (unpaired) electrons. The molecule has 0 fully saturated rings. The lowest BCUT2D eigenvalue weighted by Gasteiger charge is -2.04. The number of thiazole rings is 1. The molecule has 0 aliphatic rings. The van der Waals surface area contributed by atoms with E-state index < -0.39 is 0 Å². The number of nitrogens with zero attached hydrogens (tertiary/aromatic N) is 1. The van der Waals surface area contributed by atoms with Crippen molar-refractivity contribution in [1.29, 1.82) is 5.41 Å². The lowest BCUT2D eigenvalue weighted by atomic mass is 10.1. The van der Waals surface area contributed by atoms with Gasteiger partial charge in [0.1, 0.15) is 0 Å². The molecule has 16 heavy (non-hydrogen) atoms. The Kier molecular flexibility index (Phi) is 3.01. The second-order valence-electron chi connectivity index (χ2n) is 3.56. The van der Waals surface area contributed by atoms with Gasteiger partial charge in [-0.3, -0.25) is 10.2 Å². The number of rotatable bonds is 3. The molecule has 0 spiro atoms. The van der Waals surface area contributed by atoms with Crippen LogP contribution in [0.5, 0.6) is 0 Å². The summed E-state index contributed by atoms with van der Waals surface area (Å²) in [4.78, 5) is 12.3. The van der Waals surface area contributed by atoms with Gasteiger partial charge in [0.2, 0.25) is 0 Å². The minimum absolute atomic E-state index is 0.0422. The highest BCUT2D eigenvalue weighted by Crippen LogP contribution is 2.04. The van der Waals surface area contributed by atoms with Crippen LogP contribution in [-0.2, 0) is 6.54 Å². The zero-order valence-electron chi connectivity index (χ0n) is 8.93. The fraction of sp³-hybridized carbons (Fsp3) is 0.167. The largest absolute Gasteiger partial charge is 0.314 e. The molecule has 0 amide bonds. The highest BCUT2D eigenvalue weighted by atomic mass is 32.1. The molecular weight excluding hydrogens is 220 g/mol. The minimum Gasteiger partial charge on any atom is -0.314 e. The smallest absolute Gasteiger partial charge is 0.182 e. The van der Waals surface area contributed by atoms with Crippen LogP contribution < -0.4 is 4.80 Å². The third-order valence-electron chi connectivity index (χ3n) is 2.41. The first kappa shape index (κ1) is 10.8. The van der Waals surface area contributed by atoms with E-state index in [0.29, 0.717) is 10.4 Å². The Hall–Kier alpha value is -1.68. The van der Waals surface area contributed by atoms with Crippen LogP contribution in [0.15, 0.2) is 35.7 Å². The van der Waals surface area contributed by atoms with Gasteiger partial charge in [-0.25, -0.2) is 0 Å². The van der Waals surface area contributed by atoms with Crippen molar-refractivity contribution >= 4 is 17.1 Å². The highest BCUT2D eigenvalue weighted by molar-refractivity contribution is 7.07. The van der Waals surface area contributed by atoms with Crippen molar-refractivity contribution in [1.82, 2.24) is 4.57 Å². The molecule has 1 aromatic heterocycles. The Balaban J connectivity index is 2.24. The molecule has 0 aliphatic heterocycles. The summed E-state index contributed by atoms with van der Waals surface area (Å²) < 4.78 is 1.72. The van der Waals surface area contributed by atoms with Crippen LogP contribution >= 0.6 is 11.3 Å². The van der Waals surface area contributed by atoms with Crippen LogP contribution in [0.3, 0.4) is 0 Å². The van der Waals surface area contributed by atoms with Gasteiger partial charge in [0.25, 0.3) is 0 Å². The monoisotopic (exact) mass is 232 g/mol. The van der Waals surface area contributed by atoms with Gasteiger partial charge in [-0.2, -0.15) is 0 Å². The predicted molar refractivity (Wildman–Crippen MR) is 63.7 cm³/mol. The molecule has 0 saturated carbocycles. The molecule has 0 saturated heterocycles. The van der Waals surface area contributed by atoms with Crippen molar-refractivity contribution in [3.8, 4) is 0 Å². The van der Waals surface area contributed by atoms with E-state index in [1.165, 1.54) is 11.3 Å². The third-order valence-corrected chi connectivity index (χ3v) is 3.31. The molecule has 82 valence electrons. The van der Waals surface area contributed by atoms with Crippen molar-refractivity contribution in [2.75, 3.05) is 0 Å². The molecule has 0 unspecified atom stereocenters.